The van der Waals surface area contributed by atoms with Gasteiger partial charge in [0.2, 0.25) is 0 Å². The lowest BCUT2D eigenvalue weighted by atomic mass is 10.0. The van der Waals surface area contributed by atoms with Gasteiger partial charge in [0.1, 0.15) is 0 Å². The first-order chi connectivity index (χ1) is 9.69. The van der Waals surface area contributed by atoms with Crippen LogP contribution in [0.2, 0.25) is 0 Å². The quantitative estimate of drug-likeness (QED) is 0.515. The van der Waals surface area contributed by atoms with E-state index in [9.17, 15) is 0 Å². The first kappa shape index (κ1) is 14.2. The molecule has 102 valence electrons. The maximum Gasteiger partial charge on any atom is 0.184 e. The summed E-state index contributed by atoms with van der Waals surface area (Å²) in [6.07, 6.45) is 2.74. The lowest BCUT2D eigenvalue weighted by molar-refractivity contribution is 1.04. The van der Waals surface area contributed by atoms with Crippen molar-refractivity contribution >= 4 is 23.5 Å². The molecule has 0 spiro atoms. The fourth-order valence-electron chi connectivity index (χ4n) is 1.86. The van der Waals surface area contributed by atoms with Crippen LogP contribution in [0.15, 0.2) is 53.6 Å². The number of thiocarbonyl (C=S) groups is 1. The number of nitrogens with one attached hydrogen (secondary N) is 1. The van der Waals surface area contributed by atoms with Crippen LogP contribution in [0.3, 0.4) is 0 Å². The highest BCUT2D eigenvalue weighted by molar-refractivity contribution is 7.80. The zero-order chi connectivity index (χ0) is 14.4. The molecule has 2 aromatic rings. The van der Waals surface area contributed by atoms with Crippen LogP contribution in [-0.4, -0.2) is 11.3 Å². The van der Waals surface area contributed by atoms with Crippen molar-refractivity contribution in [2.45, 2.75) is 13.3 Å². The SMILES string of the molecule is CCc1ccc(-c2ccc(C=NNC(N)=S)cc2)cc1. The van der Waals surface area contributed by atoms with Crippen LogP contribution in [0.5, 0.6) is 0 Å². The predicted molar refractivity (Wildman–Crippen MR) is 88.8 cm³/mol. The van der Waals surface area contributed by atoms with Crippen molar-refractivity contribution in [3.05, 3.63) is 59.7 Å². The van der Waals surface area contributed by atoms with E-state index >= 15 is 0 Å². The van der Waals surface area contributed by atoms with E-state index in [0.29, 0.717) is 0 Å². The summed E-state index contributed by atoms with van der Waals surface area (Å²) in [7, 11) is 0. The van der Waals surface area contributed by atoms with Crippen molar-refractivity contribution in [1.29, 1.82) is 0 Å². The molecule has 0 aliphatic heterocycles. The van der Waals surface area contributed by atoms with E-state index in [1.165, 1.54) is 16.7 Å². The predicted octanol–water partition coefficient (Wildman–Crippen LogP) is 3.08. The average molecular weight is 283 g/mol. The second-order valence-electron chi connectivity index (χ2n) is 4.41. The standard InChI is InChI=1S/C16H17N3S/c1-2-12-3-7-14(8-4-12)15-9-5-13(6-10-15)11-18-19-16(17)20/h3-11H,2H2,1H3,(H3,17,19,20). The summed E-state index contributed by atoms with van der Waals surface area (Å²) in [5.41, 5.74) is 12.6. The minimum Gasteiger partial charge on any atom is -0.375 e. The minimum atomic E-state index is 0.161. The van der Waals surface area contributed by atoms with E-state index < -0.39 is 0 Å². The highest BCUT2D eigenvalue weighted by atomic mass is 32.1. The van der Waals surface area contributed by atoms with Crippen LogP contribution in [0.25, 0.3) is 11.1 Å². The van der Waals surface area contributed by atoms with Gasteiger partial charge in [-0.05, 0) is 40.9 Å². The van der Waals surface area contributed by atoms with Crippen LogP contribution in [0, 0.1) is 0 Å². The van der Waals surface area contributed by atoms with Gasteiger partial charge in [0.05, 0.1) is 6.21 Å². The van der Waals surface area contributed by atoms with E-state index in [-0.39, 0.29) is 5.11 Å². The van der Waals surface area contributed by atoms with Crippen LogP contribution in [-0.2, 0) is 6.42 Å². The number of hydrazone groups is 1. The molecule has 0 heterocycles. The van der Waals surface area contributed by atoms with Gasteiger partial charge in [0.15, 0.2) is 5.11 Å². The summed E-state index contributed by atoms with van der Waals surface area (Å²) in [4.78, 5) is 0. The lowest BCUT2D eigenvalue weighted by Crippen LogP contribution is -2.23. The molecule has 2 aromatic carbocycles. The molecule has 0 saturated carbocycles. The summed E-state index contributed by atoms with van der Waals surface area (Å²) in [6.45, 7) is 2.16. The van der Waals surface area contributed by atoms with Gasteiger partial charge in [-0.25, -0.2) is 0 Å². The zero-order valence-corrected chi connectivity index (χ0v) is 12.2. The Morgan fingerprint density at radius 2 is 1.65 bits per heavy atom. The van der Waals surface area contributed by atoms with Gasteiger partial charge in [0, 0.05) is 0 Å². The van der Waals surface area contributed by atoms with E-state index in [2.05, 4.69) is 66.1 Å². The summed E-state index contributed by atoms with van der Waals surface area (Å²) in [6, 6.07) is 16.8. The maximum atomic E-state index is 5.29. The molecule has 0 radical (unpaired) electrons. The minimum absolute atomic E-state index is 0.161. The van der Waals surface area contributed by atoms with Crippen LogP contribution >= 0.6 is 12.2 Å². The van der Waals surface area contributed by atoms with Gasteiger partial charge in [-0.15, -0.1) is 0 Å². The molecule has 0 aliphatic rings. The van der Waals surface area contributed by atoms with Crippen molar-refractivity contribution in [3.63, 3.8) is 0 Å². The Bertz CT molecular complexity index is 601. The van der Waals surface area contributed by atoms with E-state index in [4.69, 9.17) is 5.73 Å². The third-order valence-electron chi connectivity index (χ3n) is 2.99. The third-order valence-corrected chi connectivity index (χ3v) is 3.09. The Kier molecular flexibility index (Phi) is 4.85. The third kappa shape index (κ3) is 3.90. The number of hydrogen-bond donors (Lipinski definition) is 2. The van der Waals surface area contributed by atoms with Crippen molar-refractivity contribution in [1.82, 2.24) is 5.43 Å². The average Bonchev–Trinajstić information content (AvgIpc) is 2.48. The van der Waals surface area contributed by atoms with Crippen LogP contribution < -0.4 is 11.2 Å². The van der Waals surface area contributed by atoms with Gasteiger partial charge in [-0.1, -0.05) is 55.5 Å². The number of benzene rings is 2. The molecule has 0 saturated heterocycles. The highest BCUT2D eigenvalue weighted by Crippen LogP contribution is 2.20. The van der Waals surface area contributed by atoms with E-state index in [1.54, 1.807) is 6.21 Å². The van der Waals surface area contributed by atoms with Crippen molar-refractivity contribution in [2.24, 2.45) is 10.8 Å². The number of hydrogen-bond acceptors (Lipinski definition) is 2. The number of rotatable bonds is 4. The second-order valence-corrected chi connectivity index (χ2v) is 4.85. The lowest BCUT2D eigenvalue weighted by Gasteiger charge is -2.03. The first-order valence-electron chi connectivity index (χ1n) is 6.47. The van der Waals surface area contributed by atoms with Crippen LogP contribution in [0.4, 0.5) is 0 Å². The normalized spacial score (nSPS) is 10.7. The van der Waals surface area contributed by atoms with Crippen molar-refractivity contribution < 1.29 is 0 Å². The largest absolute Gasteiger partial charge is 0.375 e. The molecular weight excluding hydrogens is 266 g/mol. The summed E-state index contributed by atoms with van der Waals surface area (Å²) in [5.74, 6) is 0. The Morgan fingerprint density at radius 1 is 1.10 bits per heavy atom. The maximum absolute atomic E-state index is 5.29. The Balaban J connectivity index is 2.10. The molecular formula is C16H17N3S. The first-order valence-corrected chi connectivity index (χ1v) is 6.87. The Hall–Kier alpha value is -2.20. The molecule has 2 rings (SSSR count). The second kappa shape index (κ2) is 6.82. The molecule has 0 aliphatic carbocycles. The Morgan fingerprint density at radius 3 is 2.15 bits per heavy atom. The molecule has 3 N–H and O–H groups in total. The topological polar surface area (TPSA) is 50.4 Å². The Labute approximate surface area is 124 Å². The molecule has 0 unspecified atom stereocenters. The van der Waals surface area contributed by atoms with Crippen molar-refractivity contribution in [2.75, 3.05) is 0 Å². The fraction of sp³-hybridized carbons (Fsp3) is 0.125. The van der Waals surface area contributed by atoms with Gasteiger partial charge in [0.25, 0.3) is 0 Å². The molecule has 0 atom stereocenters. The summed E-state index contributed by atoms with van der Waals surface area (Å²) < 4.78 is 0. The monoisotopic (exact) mass is 283 g/mol. The molecule has 0 aromatic heterocycles. The highest BCUT2D eigenvalue weighted by Gasteiger charge is 1.97. The molecule has 0 fully saturated rings. The molecule has 20 heavy (non-hydrogen) atoms. The van der Waals surface area contributed by atoms with Gasteiger partial charge < -0.3 is 5.73 Å². The molecule has 0 amide bonds. The molecule has 4 heteroatoms. The van der Waals surface area contributed by atoms with Gasteiger partial charge in [-0.3, -0.25) is 5.43 Å². The van der Waals surface area contributed by atoms with E-state index in [0.717, 1.165) is 12.0 Å². The smallest absolute Gasteiger partial charge is 0.184 e. The molecule has 0 bridgehead atoms. The summed E-state index contributed by atoms with van der Waals surface area (Å²) >= 11 is 4.67. The van der Waals surface area contributed by atoms with Gasteiger partial charge >= 0.3 is 0 Å². The van der Waals surface area contributed by atoms with E-state index in [1.807, 2.05) is 12.1 Å². The summed E-state index contributed by atoms with van der Waals surface area (Å²) in [5, 5.41) is 4.09. The fourth-order valence-corrected chi connectivity index (χ4v) is 1.92. The van der Waals surface area contributed by atoms with Gasteiger partial charge in [-0.2, -0.15) is 5.10 Å². The molecule has 3 nitrogen and oxygen atoms in total. The van der Waals surface area contributed by atoms with Crippen LogP contribution in [0.1, 0.15) is 18.1 Å². The number of nitrogens with two attached hydrogens (primary N) is 1. The number of nitrogens with zero attached hydrogens (tertiary/aromatic N) is 1. The zero-order valence-electron chi connectivity index (χ0n) is 11.3. The van der Waals surface area contributed by atoms with Crippen molar-refractivity contribution in [3.8, 4) is 11.1 Å². The number of aryl methyl sites for hydroxylation is 1.